The summed E-state index contributed by atoms with van der Waals surface area (Å²) in [6, 6.07) is 6.29. The van der Waals surface area contributed by atoms with E-state index < -0.39 is 5.41 Å². The van der Waals surface area contributed by atoms with E-state index in [1.54, 1.807) is 36.9 Å². The molecule has 0 spiro atoms. The highest BCUT2D eigenvalue weighted by molar-refractivity contribution is 6.04. The lowest BCUT2D eigenvalue weighted by atomic mass is 9.89. The van der Waals surface area contributed by atoms with Crippen molar-refractivity contribution in [1.82, 2.24) is 10.2 Å². The molecule has 0 saturated carbocycles. The van der Waals surface area contributed by atoms with Crippen LogP contribution in [-0.2, 0) is 16.1 Å². The van der Waals surface area contributed by atoms with Crippen molar-refractivity contribution >= 4 is 11.8 Å². The van der Waals surface area contributed by atoms with E-state index in [1.165, 1.54) is 6.07 Å². The normalized spacial score (nSPS) is 15.5. The maximum absolute atomic E-state index is 13.6. The van der Waals surface area contributed by atoms with Crippen LogP contribution in [0.25, 0.3) is 0 Å². The molecule has 1 aromatic carbocycles. The lowest BCUT2D eigenvalue weighted by molar-refractivity contribution is -0.149. The highest BCUT2D eigenvalue weighted by atomic mass is 19.1. The molecule has 0 aromatic heterocycles. The van der Waals surface area contributed by atoms with Gasteiger partial charge in [0, 0.05) is 25.2 Å². The molecule has 0 unspecified atom stereocenters. The molecule has 1 saturated heterocycles. The molecule has 0 radical (unpaired) electrons. The Labute approximate surface area is 130 Å². The number of amides is 2. The second kappa shape index (κ2) is 6.90. The summed E-state index contributed by atoms with van der Waals surface area (Å²) in [4.78, 5) is 26.6. The fourth-order valence-electron chi connectivity index (χ4n) is 2.63. The molecule has 1 heterocycles. The summed E-state index contributed by atoms with van der Waals surface area (Å²) >= 11 is 0. The van der Waals surface area contributed by atoms with Gasteiger partial charge in [0.1, 0.15) is 11.2 Å². The number of nitrogens with one attached hydrogen (secondary N) is 1. The standard InChI is InChI=1S/C17H23FN2O2/c1-17(2,16(22)20-10-6-3-7-11-20)15(21)19-12-13-8-4-5-9-14(13)18/h4-5,8-9H,3,6-7,10-12H2,1-2H3,(H,19,21). The smallest absolute Gasteiger partial charge is 0.237 e. The summed E-state index contributed by atoms with van der Waals surface area (Å²) in [6.07, 6.45) is 3.10. The first kappa shape index (κ1) is 16.5. The van der Waals surface area contributed by atoms with E-state index in [2.05, 4.69) is 5.32 Å². The van der Waals surface area contributed by atoms with Gasteiger partial charge >= 0.3 is 0 Å². The molecule has 1 N–H and O–H groups in total. The van der Waals surface area contributed by atoms with Crippen molar-refractivity contribution in [2.45, 2.75) is 39.7 Å². The molecule has 1 fully saturated rings. The first-order valence-corrected chi connectivity index (χ1v) is 7.74. The van der Waals surface area contributed by atoms with Crippen molar-refractivity contribution < 1.29 is 14.0 Å². The number of benzene rings is 1. The van der Waals surface area contributed by atoms with E-state index in [0.29, 0.717) is 18.7 Å². The van der Waals surface area contributed by atoms with Crippen molar-refractivity contribution in [2.75, 3.05) is 13.1 Å². The highest BCUT2D eigenvalue weighted by Gasteiger charge is 2.39. The number of carbonyl (C=O) groups excluding carboxylic acids is 2. The first-order valence-electron chi connectivity index (χ1n) is 7.74. The molecule has 1 aliphatic rings. The van der Waals surface area contributed by atoms with Gasteiger partial charge in [-0.05, 0) is 39.2 Å². The number of carbonyl (C=O) groups is 2. The fourth-order valence-corrected chi connectivity index (χ4v) is 2.63. The Morgan fingerprint density at radius 3 is 2.45 bits per heavy atom. The van der Waals surface area contributed by atoms with Gasteiger partial charge in [0.15, 0.2) is 0 Å². The molecular formula is C17H23FN2O2. The number of nitrogens with zero attached hydrogens (tertiary/aromatic N) is 1. The monoisotopic (exact) mass is 306 g/mol. The molecule has 0 bridgehead atoms. The van der Waals surface area contributed by atoms with E-state index in [0.717, 1.165) is 19.3 Å². The maximum atomic E-state index is 13.6. The zero-order chi connectivity index (χ0) is 16.2. The van der Waals surface area contributed by atoms with Crippen molar-refractivity contribution in [2.24, 2.45) is 5.41 Å². The molecule has 1 aromatic rings. The molecule has 2 rings (SSSR count). The fraction of sp³-hybridized carbons (Fsp3) is 0.529. The average Bonchev–Trinajstić information content (AvgIpc) is 2.53. The third-order valence-corrected chi connectivity index (χ3v) is 4.14. The first-order chi connectivity index (χ1) is 10.4. The number of rotatable bonds is 4. The summed E-state index contributed by atoms with van der Waals surface area (Å²) < 4.78 is 13.6. The third kappa shape index (κ3) is 3.64. The number of likely N-dealkylation sites (tertiary alicyclic amines) is 1. The topological polar surface area (TPSA) is 49.4 Å². The minimum atomic E-state index is -1.14. The van der Waals surface area contributed by atoms with Crippen LogP contribution >= 0.6 is 0 Å². The van der Waals surface area contributed by atoms with Gasteiger partial charge in [0.05, 0.1) is 0 Å². The molecular weight excluding hydrogens is 283 g/mol. The maximum Gasteiger partial charge on any atom is 0.237 e. The third-order valence-electron chi connectivity index (χ3n) is 4.14. The van der Waals surface area contributed by atoms with Gasteiger partial charge in [0.2, 0.25) is 11.8 Å². The van der Waals surface area contributed by atoms with Crippen molar-refractivity contribution in [3.8, 4) is 0 Å². The molecule has 22 heavy (non-hydrogen) atoms. The predicted octanol–water partition coefficient (Wildman–Crippen LogP) is 2.48. The van der Waals surface area contributed by atoms with Gasteiger partial charge in [-0.25, -0.2) is 4.39 Å². The van der Waals surface area contributed by atoms with Crippen LogP contribution < -0.4 is 5.32 Å². The number of halogens is 1. The van der Waals surface area contributed by atoms with Crippen LogP contribution in [0.5, 0.6) is 0 Å². The lowest BCUT2D eigenvalue weighted by Gasteiger charge is -2.33. The van der Waals surface area contributed by atoms with Crippen LogP contribution in [0, 0.1) is 11.2 Å². The summed E-state index contributed by atoms with van der Waals surface area (Å²) in [5.41, 5.74) is -0.722. The minimum absolute atomic E-state index is 0.0855. The van der Waals surface area contributed by atoms with Crippen LogP contribution in [0.2, 0.25) is 0 Å². The van der Waals surface area contributed by atoms with Crippen LogP contribution in [0.1, 0.15) is 38.7 Å². The Morgan fingerprint density at radius 1 is 1.18 bits per heavy atom. The Bertz CT molecular complexity index is 551. The molecule has 4 nitrogen and oxygen atoms in total. The van der Waals surface area contributed by atoms with Gasteiger partial charge < -0.3 is 10.2 Å². The highest BCUT2D eigenvalue weighted by Crippen LogP contribution is 2.22. The minimum Gasteiger partial charge on any atom is -0.351 e. The van der Waals surface area contributed by atoms with Gasteiger partial charge in [-0.3, -0.25) is 9.59 Å². The number of piperidine rings is 1. The van der Waals surface area contributed by atoms with E-state index in [4.69, 9.17) is 0 Å². The zero-order valence-electron chi connectivity index (χ0n) is 13.2. The van der Waals surface area contributed by atoms with Gasteiger partial charge in [0.25, 0.3) is 0 Å². The Hall–Kier alpha value is -1.91. The largest absolute Gasteiger partial charge is 0.351 e. The van der Waals surface area contributed by atoms with Crippen LogP contribution in [-0.4, -0.2) is 29.8 Å². The Kier molecular flexibility index (Phi) is 5.16. The quantitative estimate of drug-likeness (QED) is 0.869. The van der Waals surface area contributed by atoms with E-state index in [9.17, 15) is 14.0 Å². The molecule has 0 atom stereocenters. The van der Waals surface area contributed by atoms with E-state index in [1.807, 2.05) is 0 Å². The van der Waals surface area contributed by atoms with Crippen LogP contribution in [0.15, 0.2) is 24.3 Å². The Morgan fingerprint density at radius 2 is 1.82 bits per heavy atom. The molecule has 1 aliphatic heterocycles. The van der Waals surface area contributed by atoms with Crippen LogP contribution in [0.3, 0.4) is 0 Å². The van der Waals surface area contributed by atoms with E-state index >= 15 is 0 Å². The average molecular weight is 306 g/mol. The summed E-state index contributed by atoms with van der Waals surface area (Å²) in [5, 5.41) is 2.67. The Balaban J connectivity index is 1.97. The zero-order valence-corrected chi connectivity index (χ0v) is 13.2. The van der Waals surface area contributed by atoms with Crippen molar-refractivity contribution in [3.63, 3.8) is 0 Å². The summed E-state index contributed by atoms with van der Waals surface area (Å²) in [7, 11) is 0. The number of hydrogen-bond donors (Lipinski definition) is 1. The van der Waals surface area contributed by atoms with Gasteiger partial charge in [-0.2, -0.15) is 0 Å². The van der Waals surface area contributed by atoms with Crippen LogP contribution in [0.4, 0.5) is 4.39 Å². The predicted molar refractivity (Wildman–Crippen MR) is 82.5 cm³/mol. The number of hydrogen-bond acceptors (Lipinski definition) is 2. The molecule has 5 heteroatoms. The van der Waals surface area contributed by atoms with E-state index in [-0.39, 0.29) is 24.2 Å². The van der Waals surface area contributed by atoms with Crippen molar-refractivity contribution in [1.29, 1.82) is 0 Å². The second-order valence-corrected chi connectivity index (χ2v) is 6.25. The SMILES string of the molecule is CC(C)(C(=O)NCc1ccccc1F)C(=O)N1CCCCC1. The van der Waals surface area contributed by atoms with Gasteiger partial charge in [-0.15, -0.1) is 0 Å². The van der Waals surface area contributed by atoms with Crippen molar-refractivity contribution in [3.05, 3.63) is 35.6 Å². The molecule has 120 valence electrons. The van der Waals surface area contributed by atoms with Gasteiger partial charge in [-0.1, -0.05) is 18.2 Å². The second-order valence-electron chi connectivity index (χ2n) is 6.25. The summed E-state index contributed by atoms with van der Waals surface area (Å²) in [5.74, 6) is -0.882. The molecule has 0 aliphatic carbocycles. The summed E-state index contributed by atoms with van der Waals surface area (Å²) in [6.45, 7) is 4.76. The lowest BCUT2D eigenvalue weighted by Crippen LogP contribution is -2.50. The molecule has 2 amide bonds.